The number of aliphatic hydroxyl groups excluding tert-OH is 2. The molecule has 0 bridgehead atoms. The molecule has 34 heavy (non-hydrogen) atoms. The molecule has 184 valence electrons. The van der Waals surface area contributed by atoms with Crippen LogP contribution in [0.3, 0.4) is 0 Å². The van der Waals surface area contributed by atoms with Crippen molar-refractivity contribution in [2.75, 3.05) is 6.61 Å². The number of carbonyl (C=O) groups excluding carboxylic acids is 2. The molecule has 1 fully saturated rings. The van der Waals surface area contributed by atoms with Gasteiger partial charge in [0.2, 0.25) is 0 Å². The van der Waals surface area contributed by atoms with Crippen LogP contribution in [0.15, 0.2) is 48.5 Å². The van der Waals surface area contributed by atoms with E-state index in [1.807, 2.05) is 0 Å². The van der Waals surface area contributed by atoms with Crippen LogP contribution in [-0.2, 0) is 37.0 Å². The van der Waals surface area contributed by atoms with E-state index >= 15 is 0 Å². The molecule has 5 atom stereocenters. The molecule has 4 N–H and O–H groups in total. The number of esters is 2. The van der Waals surface area contributed by atoms with E-state index in [-0.39, 0.29) is 13.2 Å². The third kappa shape index (κ3) is 6.60. The second kappa shape index (κ2) is 12.0. The van der Waals surface area contributed by atoms with E-state index < -0.39 is 49.2 Å². The minimum absolute atomic E-state index is 0.00192. The molecule has 1 unspecified atom stereocenters. The maximum Gasteiger partial charge on any atom is 0.308 e. The zero-order valence-electron chi connectivity index (χ0n) is 19.0. The second-order valence-electron chi connectivity index (χ2n) is 7.78. The quantitative estimate of drug-likeness (QED) is 0.355. The summed E-state index contributed by atoms with van der Waals surface area (Å²) in [5.74, 6) is -0.270. The van der Waals surface area contributed by atoms with Gasteiger partial charge in [-0.2, -0.15) is 0 Å². The molecule has 3 rings (SSSR count). The van der Waals surface area contributed by atoms with Gasteiger partial charge in [0, 0.05) is 25.0 Å². The predicted molar refractivity (Wildman–Crippen MR) is 119 cm³/mol. The van der Waals surface area contributed by atoms with Gasteiger partial charge in [-0.25, -0.2) is 0 Å². The minimum Gasteiger partial charge on any atom is -0.426 e. The average molecular weight is 475 g/mol. The van der Waals surface area contributed by atoms with Gasteiger partial charge in [-0.3, -0.25) is 9.59 Å². The van der Waals surface area contributed by atoms with Crippen molar-refractivity contribution in [3.05, 3.63) is 59.7 Å². The van der Waals surface area contributed by atoms with Gasteiger partial charge in [-0.15, -0.1) is 0 Å². The fraction of sp³-hybridized carbons (Fsp3) is 0.417. The summed E-state index contributed by atoms with van der Waals surface area (Å²) >= 11 is 0. The lowest BCUT2D eigenvalue weighted by Gasteiger charge is -2.42. The first kappa shape index (κ1) is 25.8. The van der Waals surface area contributed by atoms with Crippen LogP contribution in [0, 0.1) is 0 Å². The Hall–Kier alpha value is -2.86. The Morgan fingerprint density at radius 1 is 0.912 bits per heavy atom. The normalized spacial score (nSPS) is 24.4. The highest BCUT2D eigenvalue weighted by molar-refractivity contribution is 5.70. The van der Waals surface area contributed by atoms with E-state index in [1.165, 1.54) is 13.8 Å². The Balaban J connectivity index is 1.71. The van der Waals surface area contributed by atoms with Crippen molar-refractivity contribution in [1.82, 2.24) is 0 Å². The van der Waals surface area contributed by atoms with Crippen LogP contribution in [0.25, 0.3) is 0 Å². The van der Waals surface area contributed by atoms with Crippen molar-refractivity contribution < 1.29 is 43.5 Å². The van der Waals surface area contributed by atoms with Crippen LogP contribution >= 0.6 is 0 Å². The molecule has 1 aliphatic rings. The van der Waals surface area contributed by atoms with Gasteiger partial charge in [0.1, 0.15) is 29.8 Å². The number of rotatable bonds is 9. The fourth-order valence-corrected chi connectivity index (χ4v) is 3.56. The number of ether oxygens (including phenoxy) is 5. The Kier molecular flexibility index (Phi) is 9.11. The molecule has 0 aromatic heterocycles. The second-order valence-corrected chi connectivity index (χ2v) is 7.78. The van der Waals surface area contributed by atoms with Crippen LogP contribution in [0.2, 0.25) is 0 Å². The fourth-order valence-electron chi connectivity index (χ4n) is 3.56. The number of benzene rings is 2. The van der Waals surface area contributed by atoms with E-state index in [4.69, 9.17) is 29.4 Å². The van der Waals surface area contributed by atoms with Crippen LogP contribution in [-0.4, -0.2) is 59.4 Å². The van der Waals surface area contributed by atoms with E-state index in [9.17, 15) is 19.8 Å². The van der Waals surface area contributed by atoms with Gasteiger partial charge in [0.25, 0.3) is 0 Å². The topological polar surface area (TPSA) is 147 Å². The van der Waals surface area contributed by atoms with Crippen LogP contribution in [0.5, 0.6) is 11.5 Å². The first-order chi connectivity index (χ1) is 16.3. The highest BCUT2D eigenvalue weighted by Crippen LogP contribution is 2.28. The highest BCUT2D eigenvalue weighted by Gasteiger charge is 2.44. The lowest BCUT2D eigenvalue weighted by Crippen LogP contribution is -2.63. The first-order valence-electron chi connectivity index (χ1n) is 10.8. The third-order valence-corrected chi connectivity index (χ3v) is 5.19. The van der Waals surface area contributed by atoms with E-state index in [1.54, 1.807) is 48.5 Å². The zero-order valence-corrected chi connectivity index (χ0v) is 19.0. The van der Waals surface area contributed by atoms with Gasteiger partial charge in [-0.1, -0.05) is 36.4 Å². The van der Waals surface area contributed by atoms with E-state index in [2.05, 4.69) is 0 Å². The first-order valence-corrected chi connectivity index (χ1v) is 10.8. The largest absolute Gasteiger partial charge is 0.426 e. The lowest BCUT2D eigenvalue weighted by atomic mass is 9.97. The molecule has 0 saturated carbocycles. The highest BCUT2D eigenvalue weighted by atomic mass is 16.7. The van der Waals surface area contributed by atoms with Crippen LogP contribution in [0.4, 0.5) is 0 Å². The molecule has 0 amide bonds. The number of hydrogen-bond donors (Lipinski definition) is 3. The third-order valence-electron chi connectivity index (χ3n) is 5.19. The Labute approximate surface area is 197 Å². The number of para-hydroxylation sites is 2. The minimum atomic E-state index is -1.23. The molecule has 0 aliphatic carbocycles. The Morgan fingerprint density at radius 3 is 1.91 bits per heavy atom. The molecule has 0 radical (unpaired) electrons. The number of hydrogen-bond acceptors (Lipinski definition) is 10. The molecule has 0 spiro atoms. The SMILES string of the molecule is CC(=O)Oc1ccccc1COC1O[C@H](CO)[C@@H](O)[C@H](OCc2ccccc2OC(C)=O)[C@H]1N. The summed E-state index contributed by atoms with van der Waals surface area (Å²) in [5.41, 5.74) is 7.48. The summed E-state index contributed by atoms with van der Waals surface area (Å²) in [7, 11) is 0. The molecule has 2 aromatic carbocycles. The van der Waals surface area contributed by atoms with Gasteiger partial charge in [-0.05, 0) is 12.1 Å². The average Bonchev–Trinajstić information content (AvgIpc) is 2.79. The molecule has 10 heteroatoms. The van der Waals surface area contributed by atoms with Crippen LogP contribution < -0.4 is 15.2 Å². The Bertz CT molecular complexity index is 982. The summed E-state index contributed by atoms with van der Waals surface area (Å²) in [6.07, 6.45) is -4.21. The summed E-state index contributed by atoms with van der Waals surface area (Å²) < 4.78 is 27.8. The summed E-state index contributed by atoms with van der Waals surface area (Å²) in [6.45, 7) is 2.09. The molecule has 1 aliphatic heterocycles. The number of aliphatic hydroxyl groups is 2. The monoisotopic (exact) mass is 475 g/mol. The molecule has 2 aromatic rings. The molecule has 1 heterocycles. The van der Waals surface area contributed by atoms with Gasteiger partial charge >= 0.3 is 11.9 Å². The van der Waals surface area contributed by atoms with E-state index in [0.717, 1.165) is 0 Å². The number of carbonyl (C=O) groups is 2. The van der Waals surface area contributed by atoms with Crippen molar-refractivity contribution in [2.24, 2.45) is 5.73 Å². The Morgan fingerprint density at radius 2 is 1.41 bits per heavy atom. The lowest BCUT2D eigenvalue weighted by molar-refractivity contribution is -0.277. The standard InChI is InChI=1S/C24H29NO9/c1-14(27)32-18-9-5-3-7-16(18)12-30-23-21(25)24(34-20(11-26)22(23)29)31-13-17-8-4-6-10-19(17)33-15(2)28/h3-10,20-24,26,29H,11-13,25H2,1-2H3/t20-,21-,22-,23-,24?/m1/s1. The van der Waals surface area contributed by atoms with Crippen molar-refractivity contribution >= 4 is 11.9 Å². The molecular weight excluding hydrogens is 446 g/mol. The van der Waals surface area contributed by atoms with Crippen molar-refractivity contribution in [2.45, 2.75) is 57.7 Å². The summed E-state index contributed by atoms with van der Waals surface area (Å²) in [4.78, 5) is 22.7. The van der Waals surface area contributed by atoms with Crippen molar-refractivity contribution in [3.63, 3.8) is 0 Å². The summed E-state index contributed by atoms with van der Waals surface area (Å²) in [5, 5.41) is 20.3. The summed E-state index contributed by atoms with van der Waals surface area (Å²) in [6, 6.07) is 12.8. The van der Waals surface area contributed by atoms with Crippen molar-refractivity contribution in [3.8, 4) is 11.5 Å². The zero-order chi connectivity index (χ0) is 24.7. The van der Waals surface area contributed by atoms with Gasteiger partial charge in [0.05, 0.1) is 25.9 Å². The smallest absolute Gasteiger partial charge is 0.308 e. The molecular formula is C24H29NO9. The maximum absolute atomic E-state index is 11.4. The van der Waals surface area contributed by atoms with Crippen LogP contribution in [0.1, 0.15) is 25.0 Å². The van der Waals surface area contributed by atoms with Crippen molar-refractivity contribution in [1.29, 1.82) is 0 Å². The molecule has 1 saturated heterocycles. The van der Waals surface area contributed by atoms with E-state index in [0.29, 0.717) is 22.6 Å². The van der Waals surface area contributed by atoms with Gasteiger partial charge in [0.15, 0.2) is 6.29 Å². The molecule has 10 nitrogen and oxygen atoms in total. The predicted octanol–water partition coefficient (Wildman–Crippen LogP) is 1.04. The maximum atomic E-state index is 11.4. The van der Waals surface area contributed by atoms with Gasteiger partial charge < -0.3 is 39.6 Å². The number of nitrogens with two attached hydrogens (primary N) is 1.